The zero-order chi connectivity index (χ0) is 20.3. The highest BCUT2D eigenvalue weighted by molar-refractivity contribution is 7.09. The van der Waals surface area contributed by atoms with E-state index in [0.717, 1.165) is 49.6 Å². The number of nitrogens with one attached hydrogen (secondary N) is 1. The van der Waals surface area contributed by atoms with Crippen molar-refractivity contribution in [1.82, 2.24) is 29.5 Å². The van der Waals surface area contributed by atoms with Crippen LogP contribution in [0.1, 0.15) is 35.0 Å². The van der Waals surface area contributed by atoms with Gasteiger partial charge in [0.05, 0.1) is 6.54 Å². The molecule has 1 fully saturated rings. The number of piperidine rings is 1. The summed E-state index contributed by atoms with van der Waals surface area (Å²) in [5.41, 5.74) is 3.51. The lowest BCUT2D eigenvalue weighted by molar-refractivity contribution is 0.203. The van der Waals surface area contributed by atoms with Gasteiger partial charge < -0.3 is 5.32 Å². The Balaban J connectivity index is 1.33. The molecule has 1 aliphatic rings. The molecule has 4 aromatic heterocycles. The number of thiazole rings is 1. The molecule has 4 aromatic rings. The minimum Gasteiger partial charge on any atom is -0.366 e. The zero-order valence-electron chi connectivity index (χ0n) is 16.6. The van der Waals surface area contributed by atoms with E-state index in [4.69, 9.17) is 12.8 Å². The van der Waals surface area contributed by atoms with Crippen LogP contribution in [-0.4, -0.2) is 50.4 Å². The van der Waals surface area contributed by atoms with Gasteiger partial charge in [0.15, 0.2) is 0 Å². The first-order chi connectivity index (χ1) is 14.8. The summed E-state index contributed by atoms with van der Waals surface area (Å²) in [7, 11) is 6.15. The molecule has 7 nitrogen and oxygen atoms in total. The normalized spacial score (nSPS) is 15.6. The van der Waals surface area contributed by atoms with Gasteiger partial charge in [0, 0.05) is 54.4 Å². The SMILES string of the molecule is [B]c1cnn2c(NCc3cccnc3)cc(C3CCN(Cc4nccs4)CC3)nc12. The van der Waals surface area contributed by atoms with Gasteiger partial charge in [-0.25, -0.2) is 9.97 Å². The van der Waals surface area contributed by atoms with Crippen LogP contribution >= 0.6 is 11.3 Å². The number of fused-ring (bicyclic) bond motifs is 1. The number of hydrogen-bond donors (Lipinski definition) is 1. The van der Waals surface area contributed by atoms with Gasteiger partial charge in [-0.15, -0.1) is 11.3 Å². The monoisotopic (exact) mass is 415 g/mol. The maximum Gasteiger partial charge on any atom is 0.150 e. The summed E-state index contributed by atoms with van der Waals surface area (Å²) in [5.74, 6) is 1.32. The van der Waals surface area contributed by atoms with E-state index < -0.39 is 0 Å². The summed E-state index contributed by atoms with van der Waals surface area (Å²) in [5, 5.41) is 11.1. The molecule has 0 atom stereocenters. The van der Waals surface area contributed by atoms with Gasteiger partial charge in [-0.3, -0.25) is 9.88 Å². The fourth-order valence-electron chi connectivity index (χ4n) is 3.94. The van der Waals surface area contributed by atoms with E-state index in [-0.39, 0.29) is 0 Å². The summed E-state index contributed by atoms with van der Waals surface area (Å²) in [6.45, 7) is 3.69. The van der Waals surface area contributed by atoms with Crippen molar-refractivity contribution in [2.75, 3.05) is 18.4 Å². The highest BCUT2D eigenvalue weighted by atomic mass is 32.1. The number of anilines is 1. The van der Waals surface area contributed by atoms with Crippen molar-refractivity contribution in [2.24, 2.45) is 0 Å². The number of likely N-dealkylation sites (tertiary alicyclic amines) is 1. The van der Waals surface area contributed by atoms with Crippen molar-refractivity contribution in [3.05, 3.63) is 64.6 Å². The third kappa shape index (κ3) is 4.08. The largest absolute Gasteiger partial charge is 0.366 e. The Morgan fingerprint density at radius 2 is 2.10 bits per heavy atom. The molecule has 0 unspecified atom stereocenters. The van der Waals surface area contributed by atoms with Gasteiger partial charge in [0.1, 0.15) is 24.3 Å². The molecule has 2 radical (unpaired) electrons. The number of aromatic nitrogens is 5. The maximum absolute atomic E-state index is 6.15. The predicted molar refractivity (Wildman–Crippen MR) is 119 cm³/mol. The van der Waals surface area contributed by atoms with Crippen LogP contribution < -0.4 is 10.8 Å². The maximum atomic E-state index is 6.15. The fourth-order valence-corrected chi connectivity index (χ4v) is 4.60. The average molecular weight is 415 g/mol. The number of rotatable bonds is 6. The van der Waals surface area contributed by atoms with Gasteiger partial charge in [0.25, 0.3) is 0 Å². The van der Waals surface area contributed by atoms with E-state index in [2.05, 4.69) is 37.4 Å². The Kier molecular flexibility index (Phi) is 5.46. The zero-order valence-corrected chi connectivity index (χ0v) is 17.4. The Morgan fingerprint density at radius 1 is 1.20 bits per heavy atom. The first-order valence-corrected chi connectivity index (χ1v) is 11.0. The van der Waals surface area contributed by atoms with Gasteiger partial charge in [-0.05, 0) is 43.0 Å². The second kappa shape index (κ2) is 8.53. The van der Waals surface area contributed by atoms with Crippen molar-refractivity contribution in [3.8, 4) is 0 Å². The summed E-state index contributed by atoms with van der Waals surface area (Å²) in [6.07, 6.45) is 9.33. The molecule has 0 saturated carbocycles. The molecule has 0 bridgehead atoms. The Labute approximate surface area is 180 Å². The third-order valence-corrected chi connectivity index (χ3v) is 6.33. The standard InChI is InChI=1S/C21H22BN7S/c22-17-13-26-29-19(25-12-15-2-1-5-23-11-15)10-18(27-21(17)29)16-3-7-28(8-4-16)14-20-24-6-9-30-20/h1-2,5-6,9-11,13,16,25H,3-4,7-8,12,14H2. The summed E-state index contributed by atoms with van der Waals surface area (Å²) >= 11 is 1.72. The van der Waals surface area contributed by atoms with Crippen LogP contribution in [0.15, 0.2) is 48.4 Å². The van der Waals surface area contributed by atoms with Crippen molar-refractivity contribution in [3.63, 3.8) is 0 Å². The number of pyridine rings is 1. The van der Waals surface area contributed by atoms with Gasteiger partial charge in [-0.2, -0.15) is 9.61 Å². The van der Waals surface area contributed by atoms with Crippen LogP contribution in [0.25, 0.3) is 5.65 Å². The molecular weight excluding hydrogens is 393 g/mol. The fraction of sp³-hybridized carbons (Fsp3) is 0.333. The van der Waals surface area contributed by atoms with Gasteiger partial charge in [-0.1, -0.05) is 6.07 Å². The van der Waals surface area contributed by atoms with Crippen molar-refractivity contribution in [1.29, 1.82) is 0 Å². The minimum atomic E-state index is 0.413. The molecule has 0 aliphatic carbocycles. The van der Waals surface area contributed by atoms with E-state index in [0.29, 0.717) is 23.6 Å². The number of nitrogens with zero attached hydrogens (tertiary/aromatic N) is 6. The van der Waals surface area contributed by atoms with Crippen molar-refractivity contribution < 1.29 is 0 Å². The lowest BCUT2D eigenvalue weighted by atomic mass is 9.93. The molecule has 150 valence electrons. The summed E-state index contributed by atoms with van der Waals surface area (Å²) in [4.78, 5) is 15.9. The average Bonchev–Trinajstić information content (AvgIpc) is 3.43. The summed E-state index contributed by atoms with van der Waals surface area (Å²) < 4.78 is 1.78. The topological polar surface area (TPSA) is 71.2 Å². The molecule has 0 amide bonds. The summed E-state index contributed by atoms with van der Waals surface area (Å²) in [6, 6.07) is 6.11. The second-order valence-electron chi connectivity index (χ2n) is 7.59. The quantitative estimate of drug-likeness (QED) is 0.488. The lowest BCUT2D eigenvalue weighted by Crippen LogP contribution is -2.32. The van der Waals surface area contributed by atoms with Crippen molar-refractivity contribution >= 4 is 36.1 Å². The molecule has 1 aliphatic heterocycles. The van der Waals surface area contributed by atoms with E-state index >= 15 is 0 Å². The van der Waals surface area contributed by atoms with Gasteiger partial charge in [0.2, 0.25) is 0 Å². The van der Waals surface area contributed by atoms with E-state index in [1.807, 2.05) is 23.8 Å². The van der Waals surface area contributed by atoms with Crippen LogP contribution in [0.4, 0.5) is 5.82 Å². The van der Waals surface area contributed by atoms with Crippen LogP contribution in [0.2, 0.25) is 0 Å². The van der Waals surface area contributed by atoms with Crippen LogP contribution in [0.3, 0.4) is 0 Å². The molecule has 30 heavy (non-hydrogen) atoms. The third-order valence-electron chi connectivity index (χ3n) is 5.56. The Hall–Kier alpha value is -2.78. The molecule has 9 heteroatoms. The molecule has 1 N–H and O–H groups in total. The first kappa shape index (κ1) is 19.2. The highest BCUT2D eigenvalue weighted by Crippen LogP contribution is 2.29. The smallest absolute Gasteiger partial charge is 0.150 e. The van der Waals surface area contributed by atoms with Crippen LogP contribution in [0.5, 0.6) is 0 Å². The molecular formula is C21H22BN7S. The molecule has 1 saturated heterocycles. The highest BCUT2D eigenvalue weighted by Gasteiger charge is 2.23. The molecule has 0 aromatic carbocycles. The van der Waals surface area contributed by atoms with Crippen LogP contribution in [-0.2, 0) is 13.1 Å². The second-order valence-corrected chi connectivity index (χ2v) is 8.57. The minimum absolute atomic E-state index is 0.413. The molecule has 5 rings (SSSR count). The number of hydrogen-bond acceptors (Lipinski definition) is 7. The predicted octanol–water partition coefficient (Wildman–Crippen LogP) is 2.37. The molecule has 0 spiro atoms. The van der Waals surface area contributed by atoms with E-state index in [1.54, 1.807) is 28.2 Å². The Bertz CT molecular complexity index is 1110. The first-order valence-electron chi connectivity index (χ1n) is 10.1. The van der Waals surface area contributed by atoms with E-state index in [9.17, 15) is 0 Å². The van der Waals surface area contributed by atoms with Crippen LogP contribution in [0, 0.1) is 0 Å². The van der Waals surface area contributed by atoms with Crippen molar-refractivity contribution in [2.45, 2.75) is 31.8 Å². The Morgan fingerprint density at radius 3 is 2.87 bits per heavy atom. The van der Waals surface area contributed by atoms with E-state index in [1.165, 1.54) is 5.01 Å². The molecule has 5 heterocycles. The lowest BCUT2D eigenvalue weighted by Gasteiger charge is -2.31. The van der Waals surface area contributed by atoms with Gasteiger partial charge >= 0.3 is 0 Å².